The van der Waals surface area contributed by atoms with Crippen molar-refractivity contribution in [1.29, 1.82) is 0 Å². The molecule has 17 unspecified atom stereocenters. The standard InChI is InChI=1S/C50H68N2O11/c1-7-27-24-51-25-28(27)9-17-46-18-13-33(62-40-36(55)34(53)35(54)37(63-40)39(57)58)43(2,3)31(46)11-16-45(5)47(46)19-10-30-38(56)52-41-44(4)14-8-15-50(41)32(12-20-47)49(30,45)22-21-48(50,42(59)60)29(23-44)26-61-6/h8,10,12,15,19,24-25,29-31,33-37,40-41,51,53-55H,7,9,11,13-14,16-18,20-23,26H2,1-6H3,(H,52,56)(H,57,58)(H,59,60). The number of carbonyl (C=O) groups excluding carboxylic acids is 1. The third-order valence-corrected chi connectivity index (χ3v) is 20.5. The minimum atomic E-state index is -1.81. The van der Waals surface area contributed by atoms with Crippen LogP contribution in [0.15, 0.2) is 48.3 Å². The fraction of sp³-hybridized carbons (Fsp3) is 0.740. The SMILES string of the molecule is CCc1c[nH]cc1CCC12CCC(OC3OC(C(=O)O)C(O)C(O)C3O)C(C)(C)C1CCC1(C)C34CCC5(C(=O)O)C(COC)CC6(C)CC=CC57C3=CCC21C=CC4C(=O)NC67. The molecule has 4 bridgehead atoms. The summed E-state index contributed by atoms with van der Waals surface area (Å²) >= 11 is 0. The topological polar surface area (TPSA) is 208 Å². The number of hydrogen-bond acceptors (Lipinski definition) is 9. The molecule has 13 nitrogen and oxygen atoms in total. The van der Waals surface area contributed by atoms with Crippen molar-refractivity contribution >= 4 is 17.8 Å². The summed E-state index contributed by atoms with van der Waals surface area (Å²) in [6.07, 6.45) is 15.5. The van der Waals surface area contributed by atoms with Crippen molar-refractivity contribution in [3.63, 3.8) is 0 Å². The van der Waals surface area contributed by atoms with Crippen molar-refractivity contribution in [2.24, 2.45) is 61.1 Å². The molecule has 13 heteroatoms. The van der Waals surface area contributed by atoms with Crippen molar-refractivity contribution in [2.45, 2.75) is 155 Å². The minimum absolute atomic E-state index is 0.000174. The second-order valence-electron chi connectivity index (χ2n) is 22.5. The number of allylic oxidation sites excluding steroid dienone is 3. The van der Waals surface area contributed by atoms with Crippen molar-refractivity contribution in [2.75, 3.05) is 13.7 Å². The number of amides is 1. The molecule has 6 fully saturated rings. The van der Waals surface area contributed by atoms with Gasteiger partial charge in [0.05, 0.1) is 24.0 Å². The summed E-state index contributed by atoms with van der Waals surface area (Å²) in [6, 6.07) is -0.388. The molecule has 2 saturated heterocycles. The molecule has 1 aromatic heterocycles. The minimum Gasteiger partial charge on any atom is -0.481 e. The molecule has 0 aromatic carbocycles. The molecule has 63 heavy (non-hydrogen) atoms. The lowest BCUT2D eigenvalue weighted by Gasteiger charge is -2.80. The van der Waals surface area contributed by atoms with Gasteiger partial charge in [0, 0.05) is 47.7 Å². The Morgan fingerprint density at radius 2 is 1.70 bits per heavy atom. The number of aliphatic carboxylic acids is 2. The second-order valence-corrected chi connectivity index (χ2v) is 22.5. The highest BCUT2D eigenvalue weighted by Crippen LogP contribution is 2.87. The van der Waals surface area contributed by atoms with E-state index in [2.05, 4.69) is 87.7 Å². The van der Waals surface area contributed by atoms with Gasteiger partial charge in [-0.2, -0.15) is 0 Å². The Kier molecular flexibility index (Phi) is 9.74. The van der Waals surface area contributed by atoms with Gasteiger partial charge in [-0.25, -0.2) is 4.79 Å². The van der Waals surface area contributed by atoms with Gasteiger partial charge in [-0.1, -0.05) is 70.6 Å². The van der Waals surface area contributed by atoms with Crippen LogP contribution in [-0.2, 0) is 41.4 Å². The van der Waals surface area contributed by atoms with Gasteiger partial charge in [0.2, 0.25) is 5.91 Å². The first-order valence-electron chi connectivity index (χ1n) is 23.7. The average molecular weight is 873 g/mol. The van der Waals surface area contributed by atoms with Gasteiger partial charge >= 0.3 is 11.9 Å². The van der Waals surface area contributed by atoms with Crippen LogP contribution in [0, 0.1) is 61.1 Å². The van der Waals surface area contributed by atoms with Gasteiger partial charge in [0.25, 0.3) is 0 Å². The Hall–Kier alpha value is -3.33. The number of aryl methyl sites for hydroxylation is 2. The highest BCUT2D eigenvalue weighted by atomic mass is 16.7. The Labute approximate surface area is 370 Å². The van der Waals surface area contributed by atoms with Crippen LogP contribution in [0.2, 0.25) is 0 Å². The molecule has 17 atom stereocenters. The highest BCUT2D eigenvalue weighted by Gasteiger charge is 2.84. The molecule has 9 aliphatic rings. The van der Waals surface area contributed by atoms with Crippen LogP contribution in [0.25, 0.3) is 0 Å². The van der Waals surface area contributed by atoms with Crippen molar-refractivity contribution in [3.8, 4) is 0 Å². The number of carbonyl (C=O) groups is 3. The number of fused-ring (bicyclic) bond motifs is 1. The molecule has 0 radical (unpaired) electrons. The Morgan fingerprint density at radius 3 is 2.41 bits per heavy atom. The molecule has 4 saturated carbocycles. The van der Waals surface area contributed by atoms with E-state index in [0.717, 1.165) is 50.5 Å². The van der Waals surface area contributed by atoms with Crippen LogP contribution in [0.5, 0.6) is 0 Å². The zero-order valence-corrected chi connectivity index (χ0v) is 37.7. The zero-order valence-electron chi connectivity index (χ0n) is 37.7. The van der Waals surface area contributed by atoms with E-state index >= 15 is 4.79 Å². The maximum absolute atomic E-state index is 15.3. The molecule has 10 rings (SSSR count). The third kappa shape index (κ3) is 5.02. The van der Waals surface area contributed by atoms with Gasteiger partial charge in [0.1, 0.15) is 18.3 Å². The molecule has 1 amide bonds. The lowest BCUT2D eigenvalue weighted by molar-refractivity contribution is -0.330. The lowest BCUT2D eigenvalue weighted by atomic mass is 9.23. The van der Waals surface area contributed by atoms with Crippen LogP contribution in [0.4, 0.5) is 0 Å². The number of carboxylic acid groups (broad SMARTS) is 2. The number of methoxy groups -OCH3 is 1. The van der Waals surface area contributed by atoms with Crippen LogP contribution in [0.1, 0.15) is 110 Å². The lowest BCUT2D eigenvalue weighted by Crippen LogP contribution is -2.77. The number of ether oxygens (including phenoxy) is 3. The number of aliphatic hydroxyl groups is 3. The summed E-state index contributed by atoms with van der Waals surface area (Å²) in [7, 11) is 1.67. The van der Waals surface area contributed by atoms with Gasteiger partial charge in [0.15, 0.2) is 12.4 Å². The number of rotatable bonds is 10. The number of aromatic amines is 1. The van der Waals surface area contributed by atoms with Crippen LogP contribution >= 0.6 is 0 Å². The predicted molar refractivity (Wildman–Crippen MR) is 230 cm³/mol. The van der Waals surface area contributed by atoms with E-state index in [9.17, 15) is 35.1 Å². The van der Waals surface area contributed by atoms with E-state index in [1.165, 1.54) is 11.1 Å². The van der Waals surface area contributed by atoms with E-state index in [1.54, 1.807) is 7.11 Å². The van der Waals surface area contributed by atoms with E-state index in [0.29, 0.717) is 38.7 Å². The summed E-state index contributed by atoms with van der Waals surface area (Å²) in [5, 5.41) is 57.6. The number of aliphatic hydroxyl groups excluding tert-OH is 3. The van der Waals surface area contributed by atoms with Crippen molar-refractivity contribution in [1.82, 2.24) is 10.3 Å². The number of H-pyrrole nitrogens is 1. The monoisotopic (exact) mass is 872 g/mol. The molecule has 2 aliphatic heterocycles. The maximum Gasteiger partial charge on any atom is 0.335 e. The van der Waals surface area contributed by atoms with Gasteiger partial charge in [-0.15, -0.1) is 0 Å². The first kappa shape index (κ1) is 43.6. The quantitative estimate of drug-likeness (QED) is 0.116. The summed E-state index contributed by atoms with van der Waals surface area (Å²) < 4.78 is 18.3. The first-order valence-corrected chi connectivity index (χ1v) is 23.7. The van der Waals surface area contributed by atoms with E-state index in [1.807, 2.05) is 0 Å². The summed E-state index contributed by atoms with van der Waals surface area (Å²) in [5.41, 5.74) is -1.19. The summed E-state index contributed by atoms with van der Waals surface area (Å²) in [5.74, 6) is -2.91. The van der Waals surface area contributed by atoms with Crippen LogP contribution in [-0.4, -0.2) is 105 Å². The van der Waals surface area contributed by atoms with Gasteiger partial charge < -0.3 is 50.0 Å². The number of carboxylic acids is 2. The molecular formula is C50H68N2O11. The summed E-state index contributed by atoms with van der Waals surface area (Å²) in [6.45, 7) is 11.6. The molecular weight excluding hydrogens is 805 g/mol. The van der Waals surface area contributed by atoms with Gasteiger partial charge in [-0.05, 0) is 116 Å². The van der Waals surface area contributed by atoms with E-state index in [-0.39, 0.29) is 34.6 Å². The number of aromatic nitrogens is 1. The fourth-order valence-electron chi connectivity index (χ4n) is 17.9. The highest BCUT2D eigenvalue weighted by molar-refractivity contribution is 5.88. The fourth-order valence-corrected chi connectivity index (χ4v) is 17.9. The second kappa shape index (κ2) is 14.1. The summed E-state index contributed by atoms with van der Waals surface area (Å²) in [4.78, 5) is 45.1. The Balaban J connectivity index is 1.14. The largest absolute Gasteiger partial charge is 0.481 e. The maximum atomic E-state index is 15.3. The number of nitrogens with one attached hydrogen (secondary N) is 2. The Bertz CT molecular complexity index is 2180. The predicted octanol–water partition coefficient (Wildman–Crippen LogP) is 5.48. The number of hydrogen-bond donors (Lipinski definition) is 7. The van der Waals surface area contributed by atoms with Crippen LogP contribution in [0.3, 0.4) is 0 Å². The third-order valence-electron chi connectivity index (χ3n) is 20.5. The smallest absolute Gasteiger partial charge is 0.335 e. The molecule has 3 heterocycles. The molecule has 7 N–H and O–H groups in total. The molecule has 2 spiro atoms. The average Bonchev–Trinajstić information content (AvgIpc) is 3.66. The zero-order chi connectivity index (χ0) is 44.9. The molecule has 7 aliphatic carbocycles. The normalized spacial score (nSPS) is 49.7. The Morgan fingerprint density at radius 1 is 0.937 bits per heavy atom. The first-order chi connectivity index (χ1) is 29.8. The van der Waals surface area contributed by atoms with Crippen LogP contribution < -0.4 is 5.32 Å². The van der Waals surface area contributed by atoms with Crippen molar-refractivity contribution < 1.29 is 54.1 Å². The molecule has 1 aromatic rings. The van der Waals surface area contributed by atoms with Gasteiger partial charge in [-0.3, -0.25) is 9.59 Å². The van der Waals surface area contributed by atoms with Crippen molar-refractivity contribution in [3.05, 3.63) is 59.5 Å². The molecule has 344 valence electrons. The van der Waals surface area contributed by atoms with E-state index < -0.39 is 87.2 Å². The van der Waals surface area contributed by atoms with E-state index in [4.69, 9.17) is 14.2 Å².